The summed E-state index contributed by atoms with van der Waals surface area (Å²) in [4.78, 5) is 28.7. The number of benzene rings is 2. The van der Waals surface area contributed by atoms with Crippen molar-refractivity contribution in [3.8, 4) is 11.3 Å². The fourth-order valence-corrected chi connectivity index (χ4v) is 4.53. The first kappa shape index (κ1) is 22.0. The van der Waals surface area contributed by atoms with Gasteiger partial charge in [0.05, 0.1) is 23.5 Å². The molecule has 4 aromatic rings. The maximum atomic E-state index is 13.4. The van der Waals surface area contributed by atoms with Crippen LogP contribution in [0.5, 0.6) is 0 Å². The Kier molecular flexibility index (Phi) is 5.32. The Bertz CT molecular complexity index is 1450. The van der Waals surface area contributed by atoms with Crippen LogP contribution in [-0.2, 0) is 12.8 Å². The molecule has 0 radical (unpaired) electrons. The SMILES string of the molecule is CC(C)(O)C(NC(=O)c1cc2c(=O)[nH]c(-c3ccc4c(c3)CCC4)cn2n1)c1ccc(F)cc1. The van der Waals surface area contributed by atoms with Gasteiger partial charge in [0, 0.05) is 6.07 Å². The van der Waals surface area contributed by atoms with Crippen molar-refractivity contribution in [3.63, 3.8) is 0 Å². The molecule has 1 atom stereocenters. The zero-order valence-corrected chi connectivity index (χ0v) is 18.9. The quantitative estimate of drug-likeness (QED) is 0.424. The van der Waals surface area contributed by atoms with Crippen LogP contribution in [0.15, 0.2) is 59.5 Å². The van der Waals surface area contributed by atoms with Crippen LogP contribution in [-0.4, -0.2) is 31.2 Å². The van der Waals surface area contributed by atoms with Gasteiger partial charge < -0.3 is 15.4 Å². The van der Waals surface area contributed by atoms with E-state index in [9.17, 15) is 19.1 Å². The van der Waals surface area contributed by atoms with Gasteiger partial charge in [0.25, 0.3) is 11.5 Å². The third-order valence-electron chi connectivity index (χ3n) is 6.30. The summed E-state index contributed by atoms with van der Waals surface area (Å²) in [5, 5.41) is 17.7. The van der Waals surface area contributed by atoms with Gasteiger partial charge in [-0.05, 0) is 73.6 Å². The minimum Gasteiger partial charge on any atom is -0.388 e. The van der Waals surface area contributed by atoms with Gasteiger partial charge in [-0.3, -0.25) is 9.59 Å². The smallest absolute Gasteiger partial charge is 0.274 e. The maximum absolute atomic E-state index is 13.4. The molecule has 7 nitrogen and oxygen atoms in total. The number of hydrogen-bond donors (Lipinski definition) is 3. The average molecular weight is 461 g/mol. The van der Waals surface area contributed by atoms with Crippen LogP contribution >= 0.6 is 0 Å². The van der Waals surface area contributed by atoms with Crippen molar-refractivity contribution in [2.75, 3.05) is 0 Å². The highest BCUT2D eigenvalue weighted by molar-refractivity contribution is 5.94. The number of amides is 1. The highest BCUT2D eigenvalue weighted by Gasteiger charge is 2.31. The molecule has 0 saturated heterocycles. The van der Waals surface area contributed by atoms with Crippen LogP contribution in [0.2, 0.25) is 0 Å². The van der Waals surface area contributed by atoms with Gasteiger partial charge >= 0.3 is 0 Å². The number of aliphatic hydroxyl groups is 1. The summed E-state index contributed by atoms with van der Waals surface area (Å²) in [6.07, 6.45) is 4.93. The van der Waals surface area contributed by atoms with Crippen molar-refractivity contribution in [1.29, 1.82) is 0 Å². The van der Waals surface area contributed by atoms with Gasteiger partial charge in [-0.2, -0.15) is 5.10 Å². The van der Waals surface area contributed by atoms with E-state index in [1.165, 1.54) is 46.0 Å². The monoisotopic (exact) mass is 460 g/mol. The molecule has 0 bridgehead atoms. The van der Waals surface area contributed by atoms with Crippen molar-refractivity contribution < 1.29 is 14.3 Å². The normalized spacial score (nSPS) is 14.2. The highest BCUT2D eigenvalue weighted by atomic mass is 19.1. The number of carbonyl (C=O) groups is 1. The van der Waals surface area contributed by atoms with Gasteiger partial charge in [-0.1, -0.05) is 24.3 Å². The number of halogens is 1. The molecular weight excluding hydrogens is 435 g/mol. The zero-order valence-electron chi connectivity index (χ0n) is 18.9. The average Bonchev–Trinajstić information content (AvgIpc) is 3.44. The molecule has 34 heavy (non-hydrogen) atoms. The molecule has 0 fully saturated rings. The molecular formula is C26H25FN4O3. The summed E-state index contributed by atoms with van der Waals surface area (Å²) in [6.45, 7) is 3.11. The first-order valence-electron chi connectivity index (χ1n) is 11.2. The Morgan fingerprint density at radius 3 is 2.62 bits per heavy atom. The Morgan fingerprint density at radius 1 is 1.15 bits per heavy atom. The first-order chi connectivity index (χ1) is 16.2. The Morgan fingerprint density at radius 2 is 1.88 bits per heavy atom. The molecule has 3 N–H and O–H groups in total. The summed E-state index contributed by atoms with van der Waals surface area (Å²) in [5.41, 5.74) is 3.26. The number of hydrogen-bond acceptors (Lipinski definition) is 4. The zero-order chi connectivity index (χ0) is 24.0. The number of aromatic nitrogens is 3. The second-order valence-corrected chi connectivity index (χ2v) is 9.31. The molecule has 1 aliphatic rings. The number of H-pyrrole nitrogens is 1. The maximum Gasteiger partial charge on any atom is 0.274 e. The molecule has 8 heteroatoms. The van der Waals surface area contributed by atoms with Crippen molar-refractivity contribution in [3.05, 3.63) is 93.3 Å². The lowest BCUT2D eigenvalue weighted by Gasteiger charge is -2.30. The third-order valence-corrected chi connectivity index (χ3v) is 6.30. The van der Waals surface area contributed by atoms with Crippen molar-refractivity contribution >= 4 is 11.4 Å². The van der Waals surface area contributed by atoms with Crippen LogP contribution in [0.4, 0.5) is 4.39 Å². The molecule has 2 heterocycles. The molecule has 5 rings (SSSR count). The Labute approximate surface area is 195 Å². The van der Waals surface area contributed by atoms with Crippen LogP contribution < -0.4 is 10.9 Å². The molecule has 0 spiro atoms. The van der Waals surface area contributed by atoms with E-state index in [2.05, 4.69) is 27.5 Å². The minimum atomic E-state index is -1.33. The third kappa shape index (κ3) is 4.12. The minimum absolute atomic E-state index is 0.0352. The Balaban J connectivity index is 1.46. The van der Waals surface area contributed by atoms with E-state index < -0.39 is 23.4 Å². The lowest BCUT2D eigenvalue weighted by atomic mass is 9.91. The fraction of sp³-hybridized carbons (Fsp3) is 0.269. The first-order valence-corrected chi connectivity index (χ1v) is 11.2. The number of aromatic amines is 1. The summed E-state index contributed by atoms with van der Waals surface area (Å²) >= 11 is 0. The number of fused-ring (bicyclic) bond motifs is 2. The van der Waals surface area contributed by atoms with Crippen LogP contribution in [0, 0.1) is 5.82 Å². The van der Waals surface area contributed by atoms with Gasteiger partial charge in [0.2, 0.25) is 0 Å². The molecule has 1 unspecified atom stereocenters. The lowest BCUT2D eigenvalue weighted by Crippen LogP contribution is -2.42. The van der Waals surface area contributed by atoms with Gasteiger partial charge in [0.15, 0.2) is 5.69 Å². The molecule has 174 valence electrons. The van der Waals surface area contributed by atoms with Crippen molar-refractivity contribution in [2.45, 2.75) is 44.8 Å². The van der Waals surface area contributed by atoms with E-state index in [1.807, 2.05) is 6.07 Å². The standard InChI is InChI=1S/C26H25FN4O3/c1-26(2,34)23(16-8-10-19(27)11-9-16)29-24(32)20-13-22-25(33)28-21(14-31(22)30-20)18-7-6-15-4-3-5-17(15)12-18/h6-14,23,34H,3-5H2,1-2H3,(H,28,33)(H,29,32). The van der Waals surface area contributed by atoms with E-state index in [1.54, 1.807) is 20.0 Å². The molecule has 1 amide bonds. The van der Waals surface area contributed by atoms with Gasteiger partial charge in [-0.25, -0.2) is 8.91 Å². The van der Waals surface area contributed by atoms with Gasteiger partial charge in [-0.15, -0.1) is 0 Å². The number of nitrogens with one attached hydrogen (secondary N) is 2. The Hall–Kier alpha value is -3.78. The lowest BCUT2D eigenvalue weighted by molar-refractivity contribution is 0.0342. The van der Waals surface area contributed by atoms with Crippen LogP contribution in [0.3, 0.4) is 0 Å². The van der Waals surface area contributed by atoms with Gasteiger partial charge in [0.1, 0.15) is 11.3 Å². The number of carbonyl (C=O) groups excluding carboxylic acids is 1. The summed E-state index contributed by atoms with van der Waals surface area (Å²) < 4.78 is 14.8. The summed E-state index contributed by atoms with van der Waals surface area (Å²) in [7, 11) is 0. The van der Waals surface area contributed by atoms with Crippen molar-refractivity contribution in [2.24, 2.45) is 0 Å². The fourth-order valence-electron chi connectivity index (χ4n) is 4.53. The second kappa shape index (κ2) is 8.22. The van der Waals surface area contributed by atoms with E-state index in [-0.39, 0.29) is 16.8 Å². The highest BCUT2D eigenvalue weighted by Crippen LogP contribution is 2.28. The predicted molar refractivity (Wildman–Crippen MR) is 126 cm³/mol. The van der Waals surface area contributed by atoms with E-state index in [0.717, 1.165) is 24.8 Å². The molecule has 2 aromatic carbocycles. The van der Waals surface area contributed by atoms with E-state index in [4.69, 9.17) is 0 Å². The predicted octanol–water partition coefficient (Wildman–Crippen LogP) is 3.56. The van der Waals surface area contributed by atoms with E-state index >= 15 is 0 Å². The van der Waals surface area contributed by atoms with Crippen LogP contribution in [0.1, 0.15) is 53.5 Å². The second-order valence-electron chi connectivity index (χ2n) is 9.31. The summed E-state index contributed by atoms with van der Waals surface area (Å²) in [6, 6.07) is 12.3. The largest absolute Gasteiger partial charge is 0.388 e. The molecule has 0 saturated carbocycles. The van der Waals surface area contributed by atoms with Crippen molar-refractivity contribution in [1.82, 2.24) is 19.9 Å². The molecule has 2 aromatic heterocycles. The van der Waals surface area contributed by atoms with Crippen LogP contribution in [0.25, 0.3) is 16.8 Å². The molecule has 0 aliphatic heterocycles. The topological polar surface area (TPSA) is 99.5 Å². The summed E-state index contributed by atoms with van der Waals surface area (Å²) in [5.74, 6) is -0.970. The molecule has 1 aliphatic carbocycles. The number of nitrogens with zero attached hydrogens (tertiary/aromatic N) is 2. The number of aryl methyl sites for hydroxylation is 2. The van der Waals surface area contributed by atoms with E-state index in [0.29, 0.717) is 11.3 Å². The number of rotatable bonds is 5.